The predicted octanol–water partition coefficient (Wildman–Crippen LogP) is 1.44. The van der Waals surface area contributed by atoms with Gasteiger partial charge in [-0.3, -0.25) is 4.79 Å². The van der Waals surface area contributed by atoms with Gasteiger partial charge >= 0.3 is 0 Å². The maximum Gasteiger partial charge on any atom is 0.287 e. The summed E-state index contributed by atoms with van der Waals surface area (Å²) in [6.45, 7) is 1.65. The Bertz CT molecular complexity index is 495. The lowest BCUT2D eigenvalue weighted by atomic mass is 10.1. The summed E-state index contributed by atoms with van der Waals surface area (Å²) in [5.74, 6) is -0.663. The SMILES string of the molecule is Cc1cc(N=C=O)ccc1C(=O)N=C=O. The molecule has 0 saturated heterocycles. The zero-order chi connectivity index (χ0) is 11.3. The Morgan fingerprint density at radius 1 is 1.27 bits per heavy atom. The maximum absolute atomic E-state index is 11.2. The van der Waals surface area contributed by atoms with Crippen molar-refractivity contribution in [3.05, 3.63) is 29.3 Å². The first kappa shape index (κ1) is 10.7. The summed E-state index contributed by atoms with van der Waals surface area (Å²) in [5, 5.41) is 0. The molecule has 0 aliphatic heterocycles. The van der Waals surface area contributed by atoms with Crippen LogP contribution >= 0.6 is 0 Å². The van der Waals surface area contributed by atoms with Crippen molar-refractivity contribution in [2.45, 2.75) is 6.92 Å². The van der Waals surface area contributed by atoms with Gasteiger partial charge in [0.15, 0.2) is 0 Å². The van der Waals surface area contributed by atoms with Gasteiger partial charge in [-0.2, -0.15) is 4.99 Å². The van der Waals surface area contributed by atoms with Gasteiger partial charge in [0.05, 0.1) is 5.69 Å². The van der Waals surface area contributed by atoms with Crippen LogP contribution in [0.5, 0.6) is 0 Å². The molecule has 0 unspecified atom stereocenters. The predicted molar refractivity (Wildman–Crippen MR) is 51.4 cm³/mol. The standard InChI is InChI=1S/C10H6N2O3/c1-7-4-8(11-5-13)2-3-9(7)10(15)12-6-14/h2-4H,1H3. The molecular weight excluding hydrogens is 196 g/mol. The molecule has 0 aromatic heterocycles. The number of carbonyl (C=O) groups excluding carboxylic acids is 3. The number of aryl methyl sites for hydroxylation is 1. The molecule has 0 fully saturated rings. The summed E-state index contributed by atoms with van der Waals surface area (Å²) in [6.07, 6.45) is 2.56. The number of amides is 1. The number of hydrogen-bond donors (Lipinski definition) is 0. The van der Waals surface area contributed by atoms with Crippen LogP contribution in [-0.4, -0.2) is 18.1 Å². The van der Waals surface area contributed by atoms with Crippen molar-refractivity contribution in [2.75, 3.05) is 0 Å². The number of benzene rings is 1. The highest BCUT2D eigenvalue weighted by atomic mass is 16.2. The average Bonchev–Trinajstić information content (AvgIpc) is 2.18. The van der Waals surface area contributed by atoms with E-state index in [1.807, 2.05) is 0 Å². The fourth-order valence-corrected chi connectivity index (χ4v) is 1.11. The van der Waals surface area contributed by atoms with Gasteiger partial charge in [0.2, 0.25) is 12.2 Å². The van der Waals surface area contributed by atoms with E-state index in [-0.39, 0.29) is 5.56 Å². The molecule has 1 aromatic rings. The van der Waals surface area contributed by atoms with Crippen molar-refractivity contribution in [1.29, 1.82) is 0 Å². The van der Waals surface area contributed by atoms with E-state index in [1.165, 1.54) is 30.4 Å². The zero-order valence-corrected chi connectivity index (χ0v) is 7.85. The Hall–Kier alpha value is -2.35. The van der Waals surface area contributed by atoms with Crippen molar-refractivity contribution in [3.63, 3.8) is 0 Å². The third-order valence-electron chi connectivity index (χ3n) is 1.76. The molecule has 0 radical (unpaired) electrons. The molecular formula is C10H6N2O3. The normalized spacial score (nSPS) is 8.60. The maximum atomic E-state index is 11.2. The van der Waals surface area contributed by atoms with E-state index in [0.29, 0.717) is 11.3 Å². The molecule has 5 heteroatoms. The van der Waals surface area contributed by atoms with Crippen molar-refractivity contribution in [1.82, 2.24) is 0 Å². The summed E-state index contributed by atoms with van der Waals surface area (Å²) in [5.41, 5.74) is 1.26. The van der Waals surface area contributed by atoms with Crippen molar-refractivity contribution >= 4 is 23.8 Å². The van der Waals surface area contributed by atoms with Crippen molar-refractivity contribution in [2.24, 2.45) is 9.98 Å². The fourth-order valence-electron chi connectivity index (χ4n) is 1.11. The van der Waals surface area contributed by atoms with Crippen LogP contribution in [0.3, 0.4) is 0 Å². The molecule has 0 atom stereocenters. The van der Waals surface area contributed by atoms with E-state index >= 15 is 0 Å². The third kappa shape index (κ3) is 2.54. The molecule has 74 valence electrons. The first-order valence-corrected chi connectivity index (χ1v) is 3.99. The molecule has 0 N–H and O–H groups in total. The minimum absolute atomic E-state index is 0.281. The number of carbonyl (C=O) groups is 1. The molecule has 1 rings (SSSR count). The molecule has 1 aromatic carbocycles. The number of nitrogens with zero attached hydrogens (tertiary/aromatic N) is 2. The largest absolute Gasteiger partial charge is 0.287 e. The molecule has 1 amide bonds. The highest BCUT2D eigenvalue weighted by Gasteiger charge is 2.07. The molecule has 5 nitrogen and oxygen atoms in total. The zero-order valence-electron chi connectivity index (χ0n) is 7.85. The molecule has 15 heavy (non-hydrogen) atoms. The van der Waals surface area contributed by atoms with Gasteiger partial charge in [0.25, 0.3) is 5.91 Å². The first-order chi connectivity index (χ1) is 7.19. The van der Waals surface area contributed by atoms with Crippen LogP contribution in [0.1, 0.15) is 15.9 Å². The molecule has 0 aliphatic carbocycles. The van der Waals surface area contributed by atoms with Crippen molar-refractivity contribution < 1.29 is 14.4 Å². The molecule has 0 saturated carbocycles. The minimum atomic E-state index is -0.663. The molecule has 0 bridgehead atoms. The monoisotopic (exact) mass is 202 g/mol. The highest BCUT2D eigenvalue weighted by Crippen LogP contribution is 2.17. The Balaban J connectivity index is 3.18. The summed E-state index contributed by atoms with van der Waals surface area (Å²) in [7, 11) is 0. The number of aliphatic imine (C=N–C) groups is 2. The van der Waals surface area contributed by atoms with Crippen LogP contribution in [-0.2, 0) is 9.59 Å². The van der Waals surface area contributed by atoms with Crippen molar-refractivity contribution in [3.8, 4) is 0 Å². The second-order valence-corrected chi connectivity index (χ2v) is 2.71. The summed E-state index contributed by atoms with van der Waals surface area (Å²) in [6, 6.07) is 4.43. The van der Waals surface area contributed by atoms with Crippen LogP contribution in [0, 0.1) is 6.92 Å². The van der Waals surface area contributed by atoms with E-state index in [0.717, 1.165) is 0 Å². The number of isocyanates is 2. The average molecular weight is 202 g/mol. The Morgan fingerprint density at radius 3 is 2.53 bits per heavy atom. The third-order valence-corrected chi connectivity index (χ3v) is 1.76. The summed E-state index contributed by atoms with van der Waals surface area (Å²) >= 11 is 0. The van der Waals surface area contributed by atoms with Gasteiger partial charge in [-0.1, -0.05) is 0 Å². The highest BCUT2D eigenvalue weighted by molar-refractivity contribution is 5.98. The van der Waals surface area contributed by atoms with E-state index in [1.54, 1.807) is 6.92 Å². The van der Waals surface area contributed by atoms with Gasteiger partial charge in [-0.15, -0.1) is 4.99 Å². The van der Waals surface area contributed by atoms with E-state index < -0.39 is 5.91 Å². The van der Waals surface area contributed by atoms with Crippen LogP contribution < -0.4 is 0 Å². The van der Waals surface area contributed by atoms with Gasteiger partial charge in [-0.25, -0.2) is 9.59 Å². The fraction of sp³-hybridized carbons (Fsp3) is 0.100. The second kappa shape index (κ2) is 4.77. The lowest BCUT2D eigenvalue weighted by Crippen LogP contribution is -1.97. The number of hydrogen-bond acceptors (Lipinski definition) is 4. The molecule has 0 spiro atoms. The Kier molecular flexibility index (Phi) is 3.41. The smallest absolute Gasteiger partial charge is 0.266 e. The molecule has 0 heterocycles. The van der Waals surface area contributed by atoms with Crippen LogP contribution in [0.4, 0.5) is 5.69 Å². The van der Waals surface area contributed by atoms with E-state index in [4.69, 9.17) is 0 Å². The Morgan fingerprint density at radius 2 is 2.00 bits per heavy atom. The lowest BCUT2D eigenvalue weighted by Gasteiger charge is -2.00. The van der Waals surface area contributed by atoms with Crippen LogP contribution in [0.2, 0.25) is 0 Å². The van der Waals surface area contributed by atoms with E-state index in [2.05, 4.69) is 9.98 Å². The minimum Gasteiger partial charge on any atom is -0.266 e. The Labute approximate surface area is 85.2 Å². The van der Waals surface area contributed by atoms with Crippen LogP contribution in [0.25, 0.3) is 0 Å². The van der Waals surface area contributed by atoms with E-state index in [9.17, 15) is 14.4 Å². The lowest BCUT2D eigenvalue weighted by molar-refractivity contribution is 0.100. The first-order valence-electron chi connectivity index (χ1n) is 3.99. The quantitative estimate of drug-likeness (QED) is 0.537. The second-order valence-electron chi connectivity index (χ2n) is 2.71. The summed E-state index contributed by atoms with van der Waals surface area (Å²) in [4.78, 5) is 37.4. The molecule has 0 aliphatic rings. The van der Waals surface area contributed by atoms with Gasteiger partial charge in [-0.05, 0) is 30.7 Å². The number of rotatable bonds is 2. The van der Waals surface area contributed by atoms with Gasteiger partial charge < -0.3 is 0 Å². The van der Waals surface area contributed by atoms with Gasteiger partial charge in [0, 0.05) is 5.56 Å². The summed E-state index contributed by atoms with van der Waals surface area (Å²) < 4.78 is 0. The van der Waals surface area contributed by atoms with Crippen LogP contribution in [0.15, 0.2) is 28.2 Å². The van der Waals surface area contributed by atoms with Gasteiger partial charge in [0.1, 0.15) is 0 Å². The topological polar surface area (TPSA) is 75.9 Å².